The summed E-state index contributed by atoms with van der Waals surface area (Å²) in [5.74, 6) is 0.379. The van der Waals surface area contributed by atoms with E-state index in [0.29, 0.717) is 5.92 Å². The fourth-order valence-corrected chi connectivity index (χ4v) is 3.29. The summed E-state index contributed by atoms with van der Waals surface area (Å²) in [5, 5.41) is 0.967. The minimum absolute atomic E-state index is 0.144. The van der Waals surface area contributed by atoms with Gasteiger partial charge in [0.15, 0.2) is 0 Å². The van der Waals surface area contributed by atoms with E-state index in [1.54, 1.807) is 12.1 Å². The number of benzene rings is 1. The van der Waals surface area contributed by atoms with Crippen molar-refractivity contribution < 1.29 is 4.39 Å². The van der Waals surface area contributed by atoms with Gasteiger partial charge in [-0.2, -0.15) is 0 Å². The molecule has 1 unspecified atom stereocenters. The summed E-state index contributed by atoms with van der Waals surface area (Å²) >= 11 is 3.59. The van der Waals surface area contributed by atoms with Crippen LogP contribution in [0.1, 0.15) is 76.2 Å². The van der Waals surface area contributed by atoms with Gasteiger partial charge in [-0.1, -0.05) is 86.4 Å². The third kappa shape index (κ3) is 7.42. The monoisotopic (exact) mass is 342 g/mol. The molecule has 1 aromatic rings. The largest absolute Gasteiger partial charge is 0.207 e. The Kier molecular flexibility index (Phi) is 10.00. The van der Waals surface area contributed by atoms with Crippen LogP contribution in [0, 0.1) is 5.82 Å². The van der Waals surface area contributed by atoms with E-state index in [9.17, 15) is 4.39 Å². The zero-order valence-corrected chi connectivity index (χ0v) is 14.3. The first-order valence-electron chi connectivity index (χ1n) is 8.09. The van der Waals surface area contributed by atoms with Gasteiger partial charge in [0.05, 0.1) is 0 Å². The molecule has 1 atom stereocenters. The molecule has 0 bridgehead atoms. The first kappa shape index (κ1) is 17.7. The van der Waals surface area contributed by atoms with Gasteiger partial charge in [-0.15, -0.1) is 0 Å². The molecule has 0 fully saturated rings. The first-order valence-corrected chi connectivity index (χ1v) is 9.21. The predicted octanol–water partition coefficient (Wildman–Crippen LogP) is 6.84. The summed E-state index contributed by atoms with van der Waals surface area (Å²) in [4.78, 5) is 0. The third-order valence-corrected chi connectivity index (χ3v) is 4.72. The van der Waals surface area contributed by atoms with Crippen molar-refractivity contribution in [3.05, 3.63) is 35.6 Å². The molecule has 0 aliphatic heterocycles. The van der Waals surface area contributed by atoms with Crippen LogP contribution in [-0.4, -0.2) is 5.33 Å². The van der Waals surface area contributed by atoms with Gasteiger partial charge in [-0.05, 0) is 30.0 Å². The van der Waals surface area contributed by atoms with Crippen molar-refractivity contribution >= 4 is 15.9 Å². The lowest BCUT2D eigenvalue weighted by Gasteiger charge is -2.14. The zero-order valence-electron chi connectivity index (χ0n) is 12.7. The first-order chi connectivity index (χ1) is 9.77. The summed E-state index contributed by atoms with van der Waals surface area (Å²) in [6.07, 6.45) is 12.1. The molecule has 0 aromatic heterocycles. The smallest absolute Gasteiger partial charge is 0.123 e. The average molecular weight is 343 g/mol. The number of unbranched alkanes of at least 4 members (excludes halogenated alkanes) is 7. The van der Waals surface area contributed by atoms with Gasteiger partial charge >= 0.3 is 0 Å². The molecule has 2 heteroatoms. The highest BCUT2D eigenvalue weighted by molar-refractivity contribution is 9.09. The summed E-state index contributed by atoms with van der Waals surface area (Å²) < 4.78 is 12.9. The van der Waals surface area contributed by atoms with Crippen LogP contribution in [0.3, 0.4) is 0 Å². The molecular formula is C18H28BrF. The van der Waals surface area contributed by atoms with Crippen molar-refractivity contribution in [3.8, 4) is 0 Å². The molecule has 20 heavy (non-hydrogen) atoms. The highest BCUT2D eigenvalue weighted by Crippen LogP contribution is 2.25. The number of hydrogen-bond donors (Lipinski definition) is 0. The van der Waals surface area contributed by atoms with Crippen LogP contribution < -0.4 is 0 Å². The third-order valence-electron chi connectivity index (χ3n) is 3.93. The van der Waals surface area contributed by atoms with Crippen LogP contribution in [0.5, 0.6) is 0 Å². The van der Waals surface area contributed by atoms with Crippen LogP contribution in [0.2, 0.25) is 0 Å². The Morgan fingerprint density at radius 2 is 1.45 bits per heavy atom. The number of hydrogen-bond acceptors (Lipinski definition) is 0. The van der Waals surface area contributed by atoms with Crippen molar-refractivity contribution in [2.45, 2.75) is 70.6 Å². The molecule has 0 nitrogen and oxygen atoms in total. The molecule has 0 aliphatic rings. The second kappa shape index (κ2) is 11.3. The van der Waals surface area contributed by atoms with Crippen molar-refractivity contribution in [2.75, 3.05) is 5.33 Å². The van der Waals surface area contributed by atoms with Crippen molar-refractivity contribution in [1.82, 2.24) is 0 Å². The van der Waals surface area contributed by atoms with Gasteiger partial charge in [0.25, 0.3) is 0 Å². The van der Waals surface area contributed by atoms with Crippen LogP contribution in [0.4, 0.5) is 4.39 Å². The van der Waals surface area contributed by atoms with E-state index >= 15 is 0 Å². The molecule has 0 N–H and O–H groups in total. The second-order valence-electron chi connectivity index (χ2n) is 5.67. The van der Waals surface area contributed by atoms with E-state index in [-0.39, 0.29) is 5.82 Å². The van der Waals surface area contributed by atoms with Crippen molar-refractivity contribution in [3.63, 3.8) is 0 Å². The van der Waals surface area contributed by atoms with E-state index in [1.807, 2.05) is 12.1 Å². The average Bonchev–Trinajstić information content (AvgIpc) is 2.47. The number of halogens is 2. The van der Waals surface area contributed by atoms with Gasteiger partial charge in [0.1, 0.15) is 5.82 Å². The maximum absolute atomic E-state index is 12.9. The van der Waals surface area contributed by atoms with Crippen LogP contribution in [-0.2, 0) is 0 Å². The van der Waals surface area contributed by atoms with Gasteiger partial charge < -0.3 is 0 Å². The Hall–Kier alpha value is -0.370. The van der Waals surface area contributed by atoms with Crippen molar-refractivity contribution in [1.29, 1.82) is 0 Å². The van der Waals surface area contributed by atoms with Crippen molar-refractivity contribution in [2.24, 2.45) is 0 Å². The molecule has 0 spiro atoms. The lowest BCUT2D eigenvalue weighted by molar-refractivity contribution is 0.545. The Morgan fingerprint density at radius 3 is 2.00 bits per heavy atom. The predicted molar refractivity (Wildman–Crippen MR) is 90.2 cm³/mol. The fraction of sp³-hybridized carbons (Fsp3) is 0.667. The molecule has 0 saturated carbocycles. The van der Waals surface area contributed by atoms with Gasteiger partial charge in [-0.3, -0.25) is 0 Å². The molecule has 0 aliphatic carbocycles. The summed E-state index contributed by atoms with van der Waals surface area (Å²) in [6.45, 7) is 2.26. The van der Waals surface area contributed by atoms with Gasteiger partial charge in [0, 0.05) is 5.33 Å². The Labute approximate surface area is 132 Å². The minimum Gasteiger partial charge on any atom is -0.207 e. The van der Waals surface area contributed by atoms with Crippen LogP contribution in [0.15, 0.2) is 24.3 Å². The normalized spacial score (nSPS) is 12.6. The molecular weight excluding hydrogens is 315 g/mol. The van der Waals surface area contributed by atoms with E-state index in [4.69, 9.17) is 0 Å². The lowest BCUT2D eigenvalue weighted by Crippen LogP contribution is -2.00. The molecule has 0 radical (unpaired) electrons. The van der Waals surface area contributed by atoms with Gasteiger partial charge in [0.2, 0.25) is 0 Å². The Morgan fingerprint density at radius 1 is 0.900 bits per heavy atom. The van der Waals surface area contributed by atoms with Crippen LogP contribution >= 0.6 is 15.9 Å². The quantitative estimate of drug-likeness (QED) is 0.305. The summed E-state index contributed by atoms with van der Waals surface area (Å²) in [7, 11) is 0. The molecule has 0 saturated heterocycles. The van der Waals surface area contributed by atoms with E-state index < -0.39 is 0 Å². The fourth-order valence-electron chi connectivity index (χ4n) is 2.59. The molecule has 1 aromatic carbocycles. The molecule has 0 heterocycles. The Balaban J connectivity index is 2.14. The maximum atomic E-state index is 12.9. The van der Waals surface area contributed by atoms with Crippen LogP contribution in [0.25, 0.3) is 0 Å². The lowest BCUT2D eigenvalue weighted by atomic mass is 9.94. The Bertz CT molecular complexity index is 334. The number of rotatable bonds is 11. The SMILES string of the molecule is CCCCCCCCCCC(CBr)c1ccc(F)cc1. The summed E-state index contributed by atoms with van der Waals surface area (Å²) in [6, 6.07) is 6.98. The standard InChI is InChI=1S/C18H28BrF/c1-2-3-4-5-6-7-8-9-10-17(15-19)16-11-13-18(20)14-12-16/h11-14,17H,2-10,15H2,1H3. The van der Waals surface area contributed by atoms with E-state index in [0.717, 1.165) is 5.33 Å². The molecule has 114 valence electrons. The highest BCUT2D eigenvalue weighted by Gasteiger charge is 2.09. The molecule has 0 amide bonds. The van der Waals surface area contributed by atoms with Gasteiger partial charge in [-0.25, -0.2) is 4.39 Å². The highest BCUT2D eigenvalue weighted by atomic mass is 79.9. The molecule has 1 rings (SSSR count). The summed E-state index contributed by atoms with van der Waals surface area (Å²) in [5.41, 5.74) is 1.26. The van der Waals surface area contributed by atoms with E-state index in [1.165, 1.54) is 63.4 Å². The minimum atomic E-state index is -0.144. The van der Waals surface area contributed by atoms with E-state index in [2.05, 4.69) is 22.9 Å². The zero-order chi connectivity index (χ0) is 14.6. The second-order valence-corrected chi connectivity index (χ2v) is 6.31. The topological polar surface area (TPSA) is 0 Å². The maximum Gasteiger partial charge on any atom is 0.123 e. The number of alkyl halides is 1.